The van der Waals surface area contributed by atoms with Crippen LogP contribution in [0, 0.1) is 0 Å². The molecule has 36 heavy (non-hydrogen) atoms. The molecule has 0 aliphatic carbocycles. The first-order valence-corrected chi connectivity index (χ1v) is 13.5. The average molecular weight is 495 g/mol. The van der Waals surface area contributed by atoms with Gasteiger partial charge in [0.25, 0.3) is 5.91 Å². The van der Waals surface area contributed by atoms with Crippen LogP contribution in [-0.4, -0.2) is 29.8 Å². The van der Waals surface area contributed by atoms with Gasteiger partial charge in [0.05, 0.1) is 13.1 Å². The van der Waals surface area contributed by atoms with E-state index in [1.54, 1.807) is 12.1 Å². The smallest absolute Gasteiger partial charge is 0.361 e. The van der Waals surface area contributed by atoms with Crippen LogP contribution in [0.4, 0.5) is 0 Å². The monoisotopic (exact) mass is 494 g/mol. The number of hydrogen-bond donors (Lipinski definition) is 1. The number of aldehydes is 1. The van der Waals surface area contributed by atoms with Gasteiger partial charge in [-0.15, -0.1) is 5.06 Å². The van der Waals surface area contributed by atoms with E-state index in [0.29, 0.717) is 25.2 Å². The summed E-state index contributed by atoms with van der Waals surface area (Å²) >= 11 is 0. The Kier molecular flexibility index (Phi) is 14.9. The summed E-state index contributed by atoms with van der Waals surface area (Å²) in [6.45, 7) is 3.58. The first kappa shape index (κ1) is 29.2. The molecule has 2 aromatic rings. The van der Waals surface area contributed by atoms with E-state index in [1.807, 2.05) is 42.5 Å². The van der Waals surface area contributed by atoms with Gasteiger partial charge in [-0.05, 0) is 29.7 Å². The molecule has 0 aliphatic rings. The summed E-state index contributed by atoms with van der Waals surface area (Å²) in [6, 6.07) is 16.8. The zero-order valence-electron chi connectivity index (χ0n) is 21.8. The van der Waals surface area contributed by atoms with Crippen LogP contribution in [0.15, 0.2) is 54.6 Å². The fourth-order valence-corrected chi connectivity index (χ4v) is 4.11. The Morgan fingerprint density at radius 2 is 1.28 bits per heavy atom. The number of carbonyl (C=O) groups excluding carboxylic acids is 3. The molecule has 0 radical (unpaired) electrons. The van der Waals surface area contributed by atoms with Crippen LogP contribution in [-0.2, 0) is 27.5 Å². The molecule has 196 valence electrons. The van der Waals surface area contributed by atoms with E-state index in [9.17, 15) is 14.4 Å². The van der Waals surface area contributed by atoms with E-state index < -0.39 is 5.97 Å². The lowest BCUT2D eigenvalue weighted by Crippen LogP contribution is -2.27. The van der Waals surface area contributed by atoms with Gasteiger partial charge in [-0.2, -0.15) is 0 Å². The lowest BCUT2D eigenvalue weighted by Gasteiger charge is -2.20. The molecule has 0 aliphatic heterocycles. The number of unbranched alkanes of at least 4 members (excludes halogenated alkanes) is 10. The van der Waals surface area contributed by atoms with E-state index >= 15 is 0 Å². The van der Waals surface area contributed by atoms with E-state index in [4.69, 9.17) is 4.84 Å². The van der Waals surface area contributed by atoms with Gasteiger partial charge in [-0.25, -0.2) is 4.79 Å². The lowest BCUT2D eigenvalue weighted by atomic mass is 10.1. The van der Waals surface area contributed by atoms with Crippen molar-refractivity contribution < 1.29 is 19.2 Å². The first-order chi connectivity index (χ1) is 17.6. The number of benzene rings is 2. The van der Waals surface area contributed by atoms with Crippen molar-refractivity contribution in [2.45, 2.75) is 90.6 Å². The number of hydroxylamine groups is 2. The third kappa shape index (κ3) is 12.6. The van der Waals surface area contributed by atoms with Crippen LogP contribution >= 0.6 is 0 Å². The van der Waals surface area contributed by atoms with E-state index in [-0.39, 0.29) is 12.2 Å². The lowest BCUT2D eigenvalue weighted by molar-refractivity contribution is -0.195. The highest BCUT2D eigenvalue weighted by Gasteiger charge is 2.13. The number of carbonyl (C=O) groups is 3. The van der Waals surface area contributed by atoms with Crippen molar-refractivity contribution >= 4 is 18.2 Å². The second-order valence-electron chi connectivity index (χ2n) is 9.30. The molecular weight excluding hydrogens is 452 g/mol. The number of amides is 1. The second kappa shape index (κ2) is 18.3. The molecule has 0 saturated heterocycles. The highest BCUT2D eigenvalue weighted by molar-refractivity contribution is 6.20. The van der Waals surface area contributed by atoms with Gasteiger partial charge in [-0.3, -0.25) is 9.59 Å². The Hall–Kier alpha value is -2.99. The molecule has 0 aromatic heterocycles. The maximum absolute atomic E-state index is 12.5. The Morgan fingerprint density at radius 3 is 1.83 bits per heavy atom. The molecule has 1 amide bonds. The predicted octanol–water partition coefficient (Wildman–Crippen LogP) is 6.39. The minimum absolute atomic E-state index is 0.0813. The van der Waals surface area contributed by atoms with Crippen molar-refractivity contribution in [3.8, 4) is 0 Å². The molecule has 0 unspecified atom stereocenters. The standard InChI is InChI=1S/C30H42N2O4/c1-2-3-4-5-6-7-8-9-10-11-15-22-31-30(35)28-20-18-27(19-21-28)24-32(36-29(34)25-33)23-26-16-13-12-14-17-26/h12-14,16-21,25H,2-11,15,22-24H2,1H3,(H,31,35). The number of nitrogens with zero attached hydrogens (tertiary/aromatic N) is 1. The van der Waals surface area contributed by atoms with Crippen LogP contribution in [0.1, 0.15) is 99.0 Å². The van der Waals surface area contributed by atoms with Crippen molar-refractivity contribution in [2.24, 2.45) is 0 Å². The zero-order valence-corrected chi connectivity index (χ0v) is 21.8. The van der Waals surface area contributed by atoms with Gasteiger partial charge in [0.2, 0.25) is 6.29 Å². The molecule has 0 fully saturated rings. The van der Waals surface area contributed by atoms with Gasteiger partial charge in [-0.1, -0.05) is 114 Å². The molecule has 0 spiro atoms. The van der Waals surface area contributed by atoms with Crippen molar-refractivity contribution in [2.75, 3.05) is 6.54 Å². The largest absolute Gasteiger partial charge is 0.390 e. The highest BCUT2D eigenvalue weighted by Crippen LogP contribution is 2.13. The fourth-order valence-electron chi connectivity index (χ4n) is 4.11. The summed E-state index contributed by atoms with van der Waals surface area (Å²) in [5.74, 6) is -1.02. The normalized spacial score (nSPS) is 10.8. The fraction of sp³-hybridized carbons (Fsp3) is 0.500. The summed E-state index contributed by atoms with van der Waals surface area (Å²) in [5.41, 5.74) is 2.42. The third-order valence-electron chi connectivity index (χ3n) is 6.16. The maximum atomic E-state index is 12.5. The number of hydrogen-bond acceptors (Lipinski definition) is 5. The van der Waals surface area contributed by atoms with Gasteiger partial charge >= 0.3 is 5.97 Å². The zero-order chi connectivity index (χ0) is 25.8. The van der Waals surface area contributed by atoms with E-state index in [1.165, 1.54) is 62.9 Å². The van der Waals surface area contributed by atoms with E-state index in [2.05, 4.69) is 12.2 Å². The quantitative estimate of drug-likeness (QED) is 0.106. The number of rotatable bonds is 19. The minimum Gasteiger partial charge on any atom is -0.361 e. The third-order valence-corrected chi connectivity index (χ3v) is 6.16. The Bertz CT molecular complexity index is 884. The molecule has 0 heterocycles. The van der Waals surface area contributed by atoms with Crippen LogP contribution in [0.25, 0.3) is 0 Å². The molecule has 6 heteroatoms. The molecule has 2 aromatic carbocycles. The van der Waals surface area contributed by atoms with Gasteiger partial charge in [0.15, 0.2) is 0 Å². The Labute approximate surface area is 216 Å². The second-order valence-corrected chi connectivity index (χ2v) is 9.30. The molecular formula is C30H42N2O4. The average Bonchev–Trinajstić information content (AvgIpc) is 2.90. The van der Waals surface area contributed by atoms with Crippen molar-refractivity contribution in [1.82, 2.24) is 10.4 Å². The van der Waals surface area contributed by atoms with Gasteiger partial charge in [0.1, 0.15) is 0 Å². The Morgan fingerprint density at radius 1 is 0.750 bits per heavy atom. The molecule has 0 saturated carbocycles. The maximum Gasteiger partial charge on any atom is 0.390 e. The summed E-state index contributed by atoms with van der Waals surface area (Å²) < 4.78 is 0. The van der Waals surface area contributed by atoms with Crippen LogP contribution in [0.5, 0.6) is 0 Å². The summed E-state index contributed by atoms with van der Waals surface area (Å²) in [7, 11) is 0. The highest BCUT2D eigenvalue weighted by atomic mass is 16.7. The molecule has 6 nitrogen and oxygen atoms in total. The molecule has 0 atom stereocenters. The molecule has 1 N–H and O–H groups in total. The SMILES string of the molecule is CCCCCCCCCCCCCNC(=O)c1ccc(CN(Cc2ccccc2)OC(=O)C=O)cc1. The topological polar surface area (TPSA) is 75.7 Å². The van der Waals surface area contributed by atoms with Gasteiger partial charge < -0.3 is 10.2 Å². The van der Waals surface area contributed by atoms with Crippen molar-refractivity contribution in [1.29, 1.82) is 0 Å². The number of nitrogens with one attached hydrogen (secondary N) is 1. The van der Waals surface area contributed by atoms with E-state index in [0.717, 1.165) is 24.0 Å². The van der Waals surface area contributed by atoms with Crippen molar-refractivity contribution in [3.05, 3.63) is 71.3 Å². The van der Waals surface area contributed by atoms with Crippen LogP contribution < -0.4 is 5.32 Å². The predicted molar refractivity (Wildman–Crippen MR) is 143 cm³/mol. The molecule has 0 bridgehead atoms. The Balaban J connectivity index is 1.67. The molecule has 2 rings (SSSR count). The van der Waals surface area contributed by atoms with Crippen LogP contribution in [0.2, 0.25) is 0 Å². The summed E-state index contributed by atoms with van der Waals surface area (Å²) in [5, 5.41) is 4.44. The van der Waals surface area contributed by atoms with Crippen LogP contribution in [0.3, 0.4) is 0 Å². The minimum atomic E-state index is -0.940. The summed E-state index contributed by atoms with van der Waals surface area (Å²) in [4.78, 5) is 39.9. The first-order valence-electron chi connectivity index (χ1n) is 13.5. The van der Waals surface area contributed by atoms with Crippen molar-refractivity contribution in [3.63, 3.8) is 0 Å². The summed E-state index contributed by atoms with van der Waals surface area (Å²) in [6.07, 6.45) is 14.3. The van der Waals surface area contributed by atoms with Gasteiger partial charge in [0, 0.05) is 12.1 Å².